The number of aromatic nitrogens is 2. The maximum atomic E-state index is 4.47. The first-order valence-corrected chi connectivity index (χ1v) is 5.59. The maximum absolute atomic E-state index is 4.47. The second kappa shape index (κ2) is 4.44. The molecule has 82 valence electrons. The second-order valence-corrected chi connectivity index (χ2v) is 4.14. The molecule has 2 nitrogen and oxygen atoms in total. The van der Waals surface area contributed by atoms with E-state index in [0.29, 0.717) is 0 Å². The van der Waals surface area contributed by atoms with E-state index in [4.69, 9.17) is 0 Å². The van der Waals surface area contributed by atoms with Crippen LogP contribution in [0.5, 0.6) is 0 Å². The Hall–Kier alpha value is -1.70. The van der Waals surface area contributed by atoms with Crippen LogP contribution in [0.1, 0.15) is 31.5 Å². The molecular weight excluding hydrogens is 196 g/mol. The summed E-state index contributed by atoms with van der Waals surface area (Å²) in [5, 5.41) is 0. The predicted octanol–water partition coefficient (Wildman–Crippen LogP) is 3.19. The van der Waals surface area contributed by atoms with Crippen LogP contribution in [0.2, 0.25) is 0 Å². The monoisotopic (exact) mass is 212 g/mol. The minimum atomic E-state index is -0.0461. The fourth-order valence-corrected chi connectivity index (χ4v) is 1.91. The molecule has 0 fully saturated rings. The lowest BCUT2D eigenvalue weighted by Gasteiger charge is -2.27. The standard InChI is InChI=1S/C14H16N2/c1-3-14(2,12-7-6-9-15-11-12)13-8-4-5-10-16-13/h4-11H,3H2,1-2H3. The Balaban J connectivity index is 2.49. The molecule has 0 aromatic carbocycles. The highest BCUT2D eigenvalue weighted by Crippen LogP contribution is 2.32. The molecule has 2 rings (SSSR count). The lowest BCUT2D eigenvalue weighted by atomic mass is 9.78. The van der Waals surface area contributed by atoms with Crippen molar-refractivity contribution in [2.24, 2.45) is 0 Å². The largest absolute Gasteiger partial charge is 0.264 e. The Kier molecular flexibility index (Phi) is 3.00. The molecule has 2 aromatic heterocycles. The van der Waals surface area contributed by atoms with Gasteiger partial charge in [-0.3, -0.25) is 9.97 Å². The molecule has 0 radical (unpaired) electrons. The molecule has 0 saturated heterocycles. The molecule has 0 saturated carbocycles. The Morgan fingerprint density at radius 3 is 2.56 bits per heavy atom. The van der Waals surface area contributed by atoms with Crippen molar-refractivity contribution in [2.75, 3.05) is 0 Å². The van der Waals surface area contributed by atoms with Crippen LogP contribution in [-0.4, -0.2) is 9.97 Å². The molecule has 1 atom stereocenters. The summed E-state index contributed by atoms with van der Waals surface area (Å²) < 4.78 is 0. The van der Waals surface area contributed by atoms with Crippen LogP contribution in [0.3, 0.4) is 0 Å². The van der Waals surface area contributed by atoms with E-state index in [2.05, 4.69) is 35.9 Å². The first-order chi connectivity index (χ1) is 7.77. The first kappa shape index (κ1) is 10.8. The molecule has 0 amide bonds. The van der Waals surface area contributed by atoms with E-state index in [0.717, 1.165) is 12.1 Å². The third kappa shape index (κ3) is 1.83. The fourth-order valence-electron chi connectivity index (χ4n) is 1.91. The van der Waals surface area contributed by atoms with Crippen LogP contribution in [0.25, 0.3) is 0 Å². The summed E-state index contributed by atoms with van der Waals surface area (Å²) in [5.74, 6) is 0. The highest BCUT2D eigenvalue weighted by Gasteiger charge is 2.28. The molecule has 2 aromatic rings. The van der Waals surface area contributed by atoms with Crippen molar-refractivity contribution < 1.29 is 0 Å². The van der Waals surface area contributed by atoms with Crippen molar-refractivity contribution >= 4 is 0 Å². The van der Waals surface area contributed by atoms with E-state index >= 15 is 0 Å². The number of nitrogens with zero attached hydrogens (tertiary/aromatic N) is 2. The van der Waals surface area contributed by atoms with Gasteiger partial charge in [0.05, 0.1) is 5.69 Å². The average molecular weight is 212 g/mol. The van der Waals surface area contributed by atoms with Crippen molar-refractivity contribution in [1.29, 1.82) is 0 Å². The van der Waals surface area contributed by atoms with Crippen molar-refractivity contribution in [1.82, 2.24) is 9.97 Å². The predicted molar refractivity (Wildman–Crippen MR) is 65.2 cm³/mol. The molecule has 0 aliphatic heterocycles. The normalized spacial score (nSPS) is 14.4. The lowest BCUT2D eigenvalue weighted by molar-refractivity contribution is 0.530. The Morgan fingerprint density at radius 2 is 2.00 bits per heavy atom. The molecule has 0 bridgehead atoms. The van der Waals surface area contributed by atoms with Gasteiger partial charge >= 0.3 is 0 Å². The van der Waals surface area contributed by atoms with Gasteiger partial charge in [-0.2, -0.15) is 0 Å². The molecule has 2 heteroatoms. The molecule has 0 spiro atoms. The minimum Gasteiger partial charge on any atom is -0.264 e. The number of pyridine rings is 2. The summed E-state index contributed by atoms with van der Waals surface area (Å²) in [5.41, 5.74) is 2.27. The van der Waals surface area contributed by atoms with Gasteiger partial charge in [-0.1, -0.05) is 19.1 Å². The van der Waals surface area contributed by atoms with Crippen LogP contribution >= 0.6 is 0 Å². The molecule has 0 aliphatic rings. The Bertz CT molecular complexity index is 397. The highest BCUT2D eigenvalue weighted by molar-refractivity contribution is 5.32. The van der Waals surface area contributed by atoms with Gasteiger partial charge in [-0.15, -0.1) is 0 Å². The average Bonchev–Trinajstić information content (AvgIpc) is 2.40. The second-order valence-electron chi connectivity index (χ2n) is 4.14. The van der Waals surface area contributed by atoms with E-state index in [1.54, 1.807) is 6.20 Å². The molecule has 0 N–H and O–H groups in total. The van der Waals surface area contributed by atoms with Gasteiger partial charge < -0.3 is 0 Å². The topological polar surface area (TPSA) is 25.8 Å². The fraction of sp³-hybridized carbons (Fsp3) is 0.286. The van der Waals surface area contributed by atoms with E-state index in [9.17, 15) is 0 Å². The third-order valence-electron chi connectivity index (χ3n) is 3.24. The summed E-state index contributed by atoms with van der Waals surface area (Å²) in [6.07, 6.45) is 6.59. The minimum absolute atomic E-state index is 0.0461. The number of hydrogen-bond donors (Lipinski definition) is 0. The molecule has 2 heterocycles. The molecule has 0 aliphatic carbocycles. The maximum Gasteiger partial charge on any atom is 0.0506 e. The van der Waals surface area contributed by atoms with Gasteiger partial charge in [0.15, 0.2) is 0 Å². The SMILES string of the molecule is CCC(C)(c1cccnc1)c1ccccn1. The molecular formula is C14H16N2. The van der Waals surface area contributed by atoms with Crippen LogP contribution in [-0.2, 0) is 5.41 Å². The van der Waals surface area contributed by atoms with E-state index < -0.39 is 0 Å². The van der Waals surface area contributed by atoms with Crippen molar-refractivity contribution in [2.45, 2.75) is 25.7 Å². The zero-order chi connectivity index (χ0) is 11.4. The van der Waals surface area contributed by atoms with Crippen molar-refractivity contribution in [3.8, 4) is 0 Å². The van der Waals surface area contributed by atoms with Gasteiger partial charge in [0.25, 0.3) is 0 Å². The Morgan fingerprint density at radius 1 is 1.12 bits per heavy atom. The van der Waals surface area contributed by atoms with E-state index in [-0.39, 0.29) is 5.41 Å². The smallest absolute Gasteiger partial charge is 0.0506 e. The van der Waals surface area contributed by atoms with Crippen molar-refractivity contribution in [3.05, 3.63) is 60.2 Å². The summed E-state index contributed by atoms with van der Waals surface area (Å²) in [6.45, 7) is 4.40. The van der Waals surface area contributed by atoms with E-state index in [1.807, 2.05) is 30.6 Å². The summed E-state index contributed by atoms with van der Waals surface area (Å²) >= 11 is 0. The van der Waals surface area contributed by atoms with Gasteiger partial charge in [0.1, 0.15) is 0 Å². The third-order valence-corrected chi connectivity index (χ3v) is 3.24. The first-order valence-electron chi connectivity index (χ1n) is 5.59. The van der Waals surface area contributed by atoms with Crippen LogP contribution in [0.4, 0.5) is 0 Å². The van der Waals surface area contributed by atoms with Crippen LogP contribution in [0, 0.1) is 0 Å². The zero-order valence-corrected chi connectivity index (χ0v) is 9.72. The van der Waals surface area contributed by atoms with Crippen LogP contribution < -0.4 is 0 Å². The summed E-state index contributed by atoms with van der Waals surface area (Å²) in [7, 11) is 0. The van der Waals surface area contributed by atoms with Gasteiger partial charge in [0, 0.05) is 24.0 Å². The molecule has 16 heavy (non-hydrogen) atoms. The van der Waals surface area contributed by atoms with Gasteiger partial charge in [0.2, 0.25) is 0 Å². The van der Waals surface area contributed by atoms with Gasteiger partial charge in [-0.05, 0) is 37.1 Å². The Labute approximate surface area is 96.4 Å². The van der Waals surface area contributed by atoms with Gasteiger partial charge in [-0.25, -0.2) is 0 Å². The zero-order valence-electron chi connectivity index (χ0n) is 9.72. The van der Waals surface area contributed by atoms with E-state index in [1.165, 1.54) is 5.56 Å². The number of hydrogen-bond acceptors (Lipinski definition) is 2. The lowest BCUT2D eigenvalue weighted by Crippen LogP contribution is -2.23. The summed E-state index contributed by atoms with van der Waals surface area (Å²) in [4.78, 5) is 8.67. The quantitative estimate of drug-likeness (QED) is 0.780. The number of rotatable bonds is 3. The van der Waals surface area contributed by atoms with Crippen molar-refractivity contribution in [3.63, 3.8) is 0 Å². The molecule has 1 unspecified atom stereocenters. The summed E-state index contributed by atoms with van der Waals surface area (Å²) in [6, 6.07) is 10.2. The highest BCUT2D eigenvalue weighted by atomic mass is 14.7. The van der Waals surface area contributed by atoms with Crippen LogP contribution in [0.15, 0.2) is 48.9 Å².